The third-order valence-electron chi connectivity index (χ3n) is 3.77. The van der Waals surface area contributed by atoms with Crippen molar-refractivity contribution in [3.8, 4) is 0 Å². The first-order valence-electron chi connectivity index (χ1n) is 7.22. The maximum absolute atomic E-state index is 12.0. The van der Waals surface area contributed by atoms with Crippen molar-refractivity contribution >= 4 is 0 Å². The van der Waals surface area contributed by atoms with Gasteiger partial charge in [0.25, 0.3) is 0 Å². The summed E-state index contributed by atoms with van der Waals surface area (Å²) >= 11 is 0. The van der Waals surface area contributed by atoms with E-state index in [-0.39, 0.29) is 11.7 Å². The highest BCUT2D eigenvalue weighted by Crippen LogP contribution is 2.15. The topological polar surface area (TPSA) is 48.2 Å². The molecule has 2 heterocycles. The number of nitrogens with one attached hydrogen (secondary N) is 1. The standard InChI is InChI=1S/C14H25N3O2/c1-11(2)17-9-8-16(14(17)18)7-6-15-12(3)13-5-4-10-19-13/h8-9,11-13,15H,4-7,10H2,1-3H3. The third kappa shape index (κ3) is 3.48. The molecule has 5 heteroatoms. The summed E-state index contributed by atoms with van der Waals surface area (Å²) in [4.78, 5) is 12.0. The Hall–Kier alpha value is -1.07. The molecule has 0 amide bonds. The van der Waals surface area contributed by atoms with Crippen LogP contribution in [0.3, 0.4) is 0 Å². The molecule has 0 aromatic carbocycles. The second-order valence-electron chi connectivity index (χ2n) is 5.57. The van der Waals surface area contributed by atoms with Crippen LogP contribution >= 0.6 is 0 Å². The van der Waals surface area contributed by atoms with Crippen molar-refractivity contribution in [1.82, 2.24) is 14.5 Å². The van der Waals surface area contributed by atoms with Gasteiger partial charge in [-0.2, -0.15) is 0 Å². The van der Waals surface area contributed by atoms with Crippen molar-refractivity contribution in [2.45, 2.75) is 58.3 Å². The van der Waals surface area contributed by atoms with Gasteiger partial charge in [0.05, 0.1) is 6.10 Å². The molecule has 1 N–H and O–H groups in total. The average Bonchev–Trinajstić information content (AvgIpc) is 2.99. The zero-order valence-corrected chi connectivity index (χ0v) is 12.1. The summed E-state index contributed by atoms with van der Waals surface area (Å²) in [5, 5.41) is 3.44. The maximum Gasteiger partial charge on any atom is 0.328 e. The van der Waals surface area contributed by atoms with Gasteiger partial charge in [0.2, 0.25) is 0 Å². The van der Waals surface area contributed by atoms with Crippen LogP contribution in [-0.4, -0.2) is 34.4 Å². The molecular weight excluding hydrogens is 242 g/mol. The van der Waals surface area contributed by atoms with Crippen LogP contribution in [0.4, 0.5) is 0 Å². The SMILES string of the molecule is CC(NCCn1ccn(C(C)C)c1=O)C1CCCO1. The van der Waals surface area contributed by atoms with Crippen molar-refractivity contribution < 1.29 is 4.74 Å². The molecule has 0 radical (unpaired) electrons. The first kappa shape index (κ1) is 14.3. The summed E-state index contributed by atoms with van der Waals surface area (Å²) in [5.41, 5.74) is 0.0709. The lowest BCUT2D eigenvalue weighted by atomic mass is 10.1. The second kappa shape index (κ2) is 6.39. The van der Waals surface area contributed by atoms with E-state index in [1.54, 1.807) is 9.13 Å². The van der Waals surface area contributed by atoms with Crippen LogP contribution in [0.25, 0.3) is 0 Å². The van der Waals surface area contributed by atoms with E-state index in [1.165, 1.54) is 0 Å². The van der Waals surface area contributed by atoms with E-state index >= 15 is 0 Å². The molecule has 1 aliphatic heterocycles. The summed E-state index contributed by atoms with van der Waals surface area (Å²) in [5.74, 6) is 0. The van der Waals surface area contributed by atoms with Gasteiger partial charge in [-0.1, -0.05) is 0 Å². The molecule has 2 unspecified atom stereocenters. The third-order valence-corrected chi connectivity index (χ3v) is 3.77. The van der Waals surface area contributed by atoms with Gasteiger partial charge in [-0.3, -0.25) is 9.13 Å². The Kier molecular flexibility index (Phi) is 4.82. The van der Waals surface area contributed by atoms with E-state index in [1.807, 2.05) is 26.2 Å². The Morgan fingerprint density at radius 2 is 2.21 bits per heavy atom. The fraction of sp³-hybridized carbons (Fsp3) is 0.786. The molecule has 2 atom stereocenters. The van der Waals surface area contributed by atoms with Crippen molar-refractivity contribution in [1.29, 1.82) is 0 Å². The summed E-state index contributed by atoms with van der Waals surface area (Å²) in [6, 6.07) is 0.568. The van der Waals surface area contributed by atoms with Gasteiger partial charge in [-0.15, -0.1) is 0 Å². The summed E-state index contributed by atoms with van der Waals surface area (Å²) in [6.45, 7) is 8.57. The number of ether oxygens (including phenoxy) is 1. The van der Waals surface area contributed by atoms with E-state index < -0.39 is 0 Å². The van der Waals surface area contributed by atoms with E-state index in [2.05, 4.69) is 12.2 Å². The molecule has 0 spiro atoms. The van der Waals surface area contributed by atoms with Crippen molar-refractivity contribution in [3.63, 3.8) is 0 Å². The highest BCUT2D eigenvalue weighted by Gasteiger charge is 2.21. The molecule has 0 bridgehead atoms. The van der Waals surface area contributed by atoms with Crippen LogP contribution < -0.4 is 11.0 Å². The lowest BCUT2D eigenvalue weighted by Crippen LogP contribution is -2.39. The normalized spacial score (nSPS) is 21.2. The molecule has 1 saturated heterocycles. The number of nitrogens with zero attached hydrogens (tertiary/aromatic N) is 2. The minimum Gasteiger partial charge on any atom is -0.377 e. The highest BCUT2D eigenvalue weighted by molar-refractivity contribution is 4.84. The first-order chi connectivity index (χ1) is 9.09. The Labute approximate surface area is 114 Å². The number of aromatic nitrogens is 2. The quantitative estimate of drug-likeness (QED) is 0.847. The van der Waals surface area contributed by atoms with Gasteiger partial charge >= 0.3 is 5.69 Å². The second-order valence-corrected chi connectivity index (χ2v) is 5.57. The first-order valence-corrected chi connectivity index (χ1v) is 7.22. The fourth-order valence-electron chi connectivity index (χ4n) is 2.53. The van der Waals surface area contributed by atoms with Crippen LogP contribution in [0.5, 0.6) is 0 Å². The molecule has 108 valence electrons. The lowest BCUT2D eigenvalue weighted by Gasteiger charge is -2.19. The molecule has 19 heavy (non-hydrogen) atoms. The number of rotatable bonds is 6. The Balaban J connectivity index is 1.81. The van der Waals surface area contributed by atoms with E-state index in [4.69, 9.17) is 4.74 Å². The van der Waals surface area contributed by atoms with Gasteiger partial charge < -0.3 is 10.1 Å². The van der Waals surface area contributed by atoms with Crippen LogP contribution in [0.15, 0.2) is 17.2 Å². The number of hydrogen-bond donors (Lipinski definition) is 1. The van der Waals surface area contributed by atoms with Crippen LogP contribution in [-0.2, 0) is 11.3 Å². The zero-order chi connectivity index (χ0) is 13.8. The van der Waals surface area contributed by atoms with Gasteiger partial charge in [-0.25, -0.2) is 4.79 Å². The molecule has 0 aliphatic carbocycles. The minimum atomic E-state index is 0.0709. The largest absolute Gasteiger partial charge is 0.377 e. The molecule has 5 nitrogen and oxygen atoms in total. The van der Waals surface area contributed by atoms with Gasteiger partial charge in [0.15, 0.2) is 0 Å². The Morgan fingerprint density at radius 1 is 1.42 bits per heavy atom. The highest BCUT2D eigenvalue weighted by atomic mass is 16.5. The lowest BCUT2D eigenvalue weighted by molar-refractivity contribution is 0.0835. The van der Waals surface area contributed by atoms with Crippen molar-refractivity contribution in [3.05, 3.63) is 22.9 Å². The predicted molar refractivity (Wildman–Crippen MR) is 75.5 cm³/mol. The maximum atomic E-state index is 12.0. The average molecular weight is 267 g/mol. The monoisotopic (exact) mass is 267 g/mol. The predicted octanol–water partition coefficient (Wildman–Crippen LogP) is 1.39. The van der Waals surface area contributed by atoms with E-state index in [0.717, 1.165) is 26.0 Å². The molecule has 0 saturated carbocycles. The van der Waals surface area contributed by atoms with E-state index in [9.17, 15) is 4.79 Å². The fourth-order valence-corrected chi connectivity index (χ4v) is 2.53. The van der Waals surface area contributed by atoms with Gasteiger partial charge in [0.1, 0.15) is 0 Å². The van der Waals surface area contributed by atoms with Crippen molar-refractivity contribution in [2.75, 3.05) is 13.2 Å². The smallest absolute Gasteiger partial charge is 0.328 e. The molecular formula is C14H25N3O2. The zero-order valence-electron chi connectivity index (χ0n) is 12.1. The Bertz CT molecular complexity index is 444. The van der Waals surface area contributed by atoms with Crippen LogP contribution in [0.1, 0.15) is 39.7 Å². The summed E-state index contributed by atoms with van der Waals surface area (Å²) < 4.78 is 9.15. The van der Waals surface area contributed by atoms with Gasteiger partial charge in [0, 0.05) is 44.2 Å². The van der Waals surface area contributed by atoms with E-state index in [0.29, 0.717) is 18.7 Å². The summed E-state index contributed by atoms with van der Waals surface area (Å²) in [6.07, 6.45) is 6.35. The van der Waals surface area contributed by atoms with Crippen LogP contribution in [0.2, 0.25) is 0 Å². The summed E-state index contributed by atoms with van der Waals surface area (Å²) in [7, 11) is 0. The molecule has 1 aromatic heterocycles. The molecule has 1 aromatic rings. The molecule has 2 rings (SSSR count). The van der Waals surface area contributed by atoms with Gasteiger partial charge in [-0.05, 0) is 33.6 Å². The number of imidazole rings is 1. The Morgan fingerprint density at radius 3 is 2.79 bits per heavy atom. The molecule has 1 aliphatic rings. The number of hydrogen-bond acceptors (Lipinski definition) is 3. The minimum absolute atomic E-state index is 0.0709. The van der Waals surface area contributed by atoms with Crippen LogP contribution in [0, 0.1) is 0 Å². The van der Waals surface area contributed by atoms with Crippen molar-refractivity contribution in [2.24, 2.45) is 0 Å². The molecule has 1 fully saturated rings.